The van der Waals surface area contributed by atoms with Gasteiger partial charge in [0, 0.05) is 33.0 Å². The lowest BCUT2D eigenvalue weighted by Crippen LogP contribution is -2.30. The van der Waals surface area contributed by atoms with Gasteiger partial charge < -0.3 is 26.4 Å². The fourth-order valence-electron chi connectivity index (χ4n) is 4.76. The van der Waals surface area contributed by atoms with Crippen LogP contribution in [0, 0.1) is 0 Å². The molecule has 5 aromatic rings. The lowest BCUT2D eigenvalue weighted by atomic mass is 10.1. The Hall–Kier alpha value is -6.13. The van der Waals surface area contributed by atoms with Crippen molar-refractivity contribution in [1.82, 2.24) is 5.32 Å². The number of nitrogens with two attached hydrogens (primary N) is 1. The average molecular weight is 671 g/mol. The van der Waals surface area contributed by atoms with Gasteiger partial charge in [-0.1, -0.05) is 66.7 Å². The normalized spacial score (nSPS) is 11.6. The molecule has 0 saturated heterocycles. The lowest BCUT2D eigenvalue weighted by Gasteiger charge is -2.18. The Bertz CT molecular complexity index is 1950. The SMILES string of the molecule is CCOc1ccccc1/C=C(\NC(=O)c1ccccc1)C(=O)Nc1ccc(SC(C(=O)Nc2ccc(C(N)=O)cc2)c2ccccc2)cc1. The summed E-state index contributed by atoms with van der Waals surface area (Å²) in [7, 11) is 0. The average Bonchev–Trinajstić information content (AvgIpc) is 3.12. The van der Waals surface area contributed by atoms with Crippen LogP contribution in [0.3, 0.4) is 0 Å². The molecule has 0 aliphatic carbocycles. The van der Waals surface area contributed by atoms with Crippen LogP contribution in [0.2, 0.25) is 0 Å². The number of thioether (sulfide) groups is 1. The monoisotopic (exact) mass is 670 g/mol. The van der Waals surface area contributed by atoms with Crippen molar-refractivity contribution in [3.63, 3.8) is 0 Å². The van der Waals surface area contributed by atoms with Crippen LogP contribution in [0.5, 0.6) is 5.75 Å². The van der Waals surface area contributed by atoms with Gasteiger partial charge in [0.15, 0.2) is 0 Å². The molecule has 49 heavy (non-hydrogen) atoms. The van der Waals surface area contributed by atoms with E-state index >= 15 is 0 Å². The lowest BCUT2D eigenvalue weighted by molar-refractivity contribution is -0.116. The zero-order valence-corrected chi connectivity index (χ0v) is 27.4. The Labute approximate surface area is 288 Å². The van der Waals surface area contributed by atoms with Crippen LogP contribution in [-0.2, 0) is 9.59 Å². The van der Waals surface area contributed by atoms with Crippen molar-refractivity contribution in [2.75, 3.05) is 17.2 Å². The molecule has 10 heteroatoms. The molecule has 5 aromatic carbocycles. The minimum absolute atomic E-state index is 0.0316. The Morgan fingerprint density at radius 1 is 0.714 bits per heavy atom. The number of nitrogens with one attached hydrogen (secondary N) is 3. The molecule has 0 aliphatic rings. The minimum atomic E-state index is -0.606. The second-order valence-corrected chi connectivity index (χ2v) is 11.8. The van der Waals surface area contributed by atoms with Crippen molar-refractivity contribution in [1.29, 1.82) is 0 Å². The van der Waals surface area contributed by atoms with Gasteiger partial charge in [-0.15, -0.1) is 11.8 Å². The Balaban J connectivity index is 1.34. The fraction of sp³-hybridized carbons (Fsp3) is 0.0769. The number of hydrogen-bond acceptors (Lipinski definition) is 6. The van der Waals surface area contributed by atoms with Crippen LogP contribution in [0.4, 0.5) is 11.4 Å². The molecule has 9 nitrogen and oxygen atoms in total. The number of benzene rings is 5. The molecule has 0 bridgehead atoms. The second-order valence-electron chi connectivity index (χ2n) is 10.7. The second kappa shape index (κ2) is 16.6. The summed E-state index contributed by atoms with van der Waals surface area (Å²) in [6.07, 6.45) is 1.58. The van der Waals surface area contributed by atoms with Crippen molar-refractivity contribution in [3.8, 4) is 5.75 Å². The maximum absolute atomic E-state index is 13.6. The topological polar surface area (TPSA) is 140 Å². The summed E-state index contributed by atoms with van der Waals surface area (Å²) < 4.78 is 5.73. The number of hydrogen-bond donors (Lipinski definition) is 4. The molecule has 5 rings (SSSR count). The molecule has 0 spiro atoms. The highest BCUT2D eigenvalue weighted by atomic mass is 32.2. The fourth-order valence-corrected chi connectivity index (χ4v) is 5.79. The Morgan fingerprint density at radius 3 is 1.96 bits per heavy atom. The Kier molecular flexibility index (Phi) is 11.6. The third-order valence-corrected chi connectivity index (χ3v) is 8.46. The highest BCUT2D eigenvalue weighted by molar-refractivity contribution is 8.00. The van der Waals surface area contributed by atoms with Gasteiger partial charge >= 0.3 is 0 Å². The van der Waals surface area contributed by atoms with Crippen LogP contribution < -0.4 is 26.4 Å². The van der Waals surface area contributed by atoms with Crippen LogP contribution in [0.25, 0.3) is 6.08 Å². The standard InChI is InChI=1S/C39H34N4O5S/c1-2-48-34-16-10-9-15-29(34)25-33(43-37(45)28-13-7-4-8-14-28)38(46)41-31-21-23-32(24-22-31)49-35(26-11-5-3-6-12-26)39(47)42-30-19-17-27(18-20-30)36(40)44/h3-25,35H,2H2,1H3,(H2,40,44)(H,41,46)(H,42,47)(H,43,45)/b33-25-. The summed E-state index contributed by atoms with van der Waals surface area (Å²) >= 11 is 1.34. The van der Waals surface area contributed by atoms with Gasteiger partial charge in [-0.3, -0.25) is 19.2 Å². The van der Waals surface area contributed by atoms with E-state index in [0.29, 0.717) is 40.4 Å². The van der Waals surface area contributed by atoms with E-state index in [9.17, 15) is 19.2 Å². The van der Waals surface area contributed by atoms with E-state index in [1.165, 1.54) is 11.8 Å². The molecule has 4 amide bonds. The van der Waals surface area contributed by atoms with Gasteiger partial charge in [0.25, 0.3) is 11.8 Å². The first kappa shape index (κ1) is 34.2. The number of para-hydroxylation sites is 1. The van der Waals surface area contributed by atoms with Gasteiger partial charge in [-0.2, -0.15) is 0 Å². The van der Waals surface area contributed by atoms with Crippen molar-refractivity contribution < 1.29 is 23.9 Å². The van der Waals surface area contributed by atoms with E-state index in [1.54, 1.807) is 84.9 Å². The zero-order valence-electron chi connectivity index (χ0n) is 26.6. The maximum Gasteiger partial charge on any atom is 0.272 e. The molecular weight excluding hydrogens is 637 g/mol. The quantitative estimate of drug-likeness (QED) is 0.0781. The van der Waals surface area contributed by atoms with E-state index in [1.807, 2.05) is 61.5 Å². The third-order valence-electron chi connectivity index (χ3n) is 7.19. The summed E-state index contributed by atoms with van der Waals surface area (Å²) in [6, 6.07) is 38.7. The van der Waals surface area contributed by atoms with Crippen molar-refractivity contribution in [2.24, 2.45) is 5.73 Å². The molecule has 0 heterocycles. The van der Waals surface area contributed by atoms with E-state index in [0.717, 1.165) is 10.5 Å². The summed E-state index contributed by atoms with van der Waals surface area (Å²) in [4.78, 5) is 52.4. The van der Waals surface area contributed by atoms with E-state index < -0.39 is 23.0 Å². The van der Waals surface area contributed by atoms with E-state index in [-0.39, 0.29) is 11.6 Å². The summed E-state index contributed by atoms with van der Waals surface area (Å²) in [5, 5.41) is 7.93. The van der Waals surface area contributed by atoms with Crippen LogP contribution in [0.15, 0.2) is 144 Å². The van der Waals surface area contributed by atoms with Crippen LogP contribution >= 0.6 is 11.8 Å². The number of amides is 4. The smallest absolute Gasteiger partial charge is 0.272 e. The number of rotatable bonds is 13. The van der Waals surface area contributed by atoms with Crippen molar-refractivity contribution in [2.45, 2.75) is 17.1 Å². The predicted octanol–water partition coefficient (Wildman–Crippen LogP) is 7.07. The molecule has 0 aromatic heterocycles. The highest BCUT2D eigenvalue weighted by Crippen LogP contribution is 2.37. The summed E-state index contributed by atoms with van der Waals surface area (Å²) in [6.45, 7) is 2.30. The number of carbonyl (C=O) groups excluding carboxylic acids is 4. The van der Waals surface area contributed by atoms with Crippen LogP contribution in [-0.4, -0.2) is 30.2 Å². The van der Waals surface area contributed by atoms with Crippen molar-refractivity contribution >= 4 is 52.8 Å². The molecule has 1 unspecified atom stereocenters. The van der Waals surface area contributed by atoms with Crippen LogP contribution in [0.1, 0.15) is 44.0 Å². The third kappa shape index (κ3) is 9.46. The Morgan fingerprint density at radius 2 is 1.31 bits per heavy atom. The summed E-state index contributed by atoms with van der Waals surface area (Å²) in [5.41, 5.74) is 8.56. The summed E-state index contributed by atoms with van der Waals surface area (Å²) in [5.74, 6) is -1.19. The molecule has 0 aliphatic heterocycles. The number of primary amides is 1. The molecule has 0 saturated carbocycles. The molecule has 246 valence electrons. The molecular formula is C39H34N4O5S. The molecule has 0 radical (unpaired) electrons. The van der Waals surface area contributed by atoms with E-state index in [2.05, 4.69) is 16.0 Å². The largest absolute Gasteiger partial charge is 0.493 e. The van der Waals surface area contributed by atoms with Crippen molar-refractivity contribution in [3.05, 3.63) is 161 Å². The van der Waals surface area contributed by atoms with E-state index in [4.69, 9.17) is 10.5 Å². The van der Waals surface area contributed by atoms with Gasteiger partial charge in [-0.25, -0.2) is 0 Å². The molecule has 1 atom stereocenters. The number of ether oxygens (including phenoxy) is 1. The molecule has 0 fully saturated rings. The number of carbonyl (C=O) groups is 4. The first-order chi connectivity index (χ1) is 23.8. The first-order valence-electron chi connectivity index (χ1n) is 15.4. The molecule has 5 N–H and O–H groups in total. The van der Waals surface area contributed by atoms with Gasteiger partial charge in [0.05, 0.1) is 6.61 Å². The first-order valence-corrected chi connectivity index (χ1v) is 16.3. The maximum atomic E-state index is 13.6. The highest BCUT2D eigenvalue weighted by Gasteiger charge is 2.23. The van der Waals surface area contributed by atoms with Gasteiger partial charge in [-0.05, 0) is 85.3 Å². The van der Waals surface area contributed by atoms with Gasteiger partial charge in [0.2, 0.25) is 11.8 Å². The van der Waals surface area contributed by atoms with Gasteiger partial charge in [0.1, 0.15) is 16.7 Å². The number of anilines is 2. The minimum Gasteiger partial charge on any atom is -0.493 e. The zero-order chi connectivity index (χ0) is 34.6. The predicted molar refractivity (Wildman–Crippen MR) is 193 cm³/mol.